The smallest absolute Gasteiger partial charge is 0.381 e. The number of aromatic nitrogens is 1. The van der Waals surface area contributed by atoms with Gasteiger partial charge in [0, 0.05) is 17.8 Å². The first-order valence-corrected chi connectivity index (χ1v) is 6.10. The molecule has 0 radical (unpaired) electrons. The fourth-order valence-corrected chi connectivity index (χ4v) is 1.93. The fourth-order valence-electron chi connectivity index (χ4n) is 1.93. The molecule has 1 heterocycles. The number of anilines is 1. The zero-order valence-electron chi connectivity index (χ0n) is 11.4. The number of rotatable bonds is 3. The van der Waals surface area contributed by atoms with Gasteiger partial charge in [-0.2, -0.15) is 18.4 Å². The third-order valence-corrected chi connectivity index (χ3v) is 3.10. The van der Waals surface area contributed by atoms with Crippen LogP contribution in [0.2, 0.25) is 0 Å². The lowest BCUT2D eigenvalue weighted by Crippen LogP contribution is -2.09. The van der Waals surface area contributed by atoms with Crippen LogP contribution >= 0.6 is 0 Å². The Labute approximate surface area is 119 Å². The predicted molar refractivity (Wildman–Crippen MR) is 69.5 cm³/mol. The maximum absolute atomic E-state index is 12.9. The monoisotopic (exact) mass is 295 g/mol. The highest BCUT2D eigenvalue weighted by molar-refractivity contribution is 5.53. The molecule has 0 amide bonds. The molecule has 0 unspecified atom stereocenters. The van der Waals surface area contributed by atoms with Crippen molar-refractivity contribution in [3.63, 3.8) is 0 Å². The minimum absolute atomic E-state index is 0.279. The first-order chi connectivity index (χ1) is 9.82. The van der Waals surface area contributed by atoms with Crippen LogP contribution < -0.4 is 5.32 Å². The summed E-state index contributed by atoms with van der Waals surface area (Å²) in [5, 5.41) is 15.4. The number of nitriles is 1. The molecule has 1 aromatic heterocycles. The average molecular weight is 295 g/mol. The van der Waals surface area contributed by atoms with Crippen LogP contribution in [-0.2, 0) is 12.7 Å². The van der Waals surface area contributed by atoms with Crippen molar-refractivity contribution < 1.29 is 17.7 Å². The molecule has 21 heavy (non-hydrogen) atoms. The van der Waals surface area contributed by atoms with Gasteiger partial charge < -0.3 is 9.84 Å². The van der Waals surface area contributed by atoms with E-state index in [2.05, 4.69) is 10.5 Å². The average Bonchev–Trinajstić information content (AvgIpc) is 2.74. The zero-order chi connectivity index (χ0) is 15.6. The summed E-state index contributed by atoms with van der Waals surface area (Å²) in [6, 6.07) is 5.06. The summed E-state index contributed by atoms with van der Waals surface area (Å²) >= 11 is 0. The van der Waals surface area contributed by atoms with Gasteiger partial charge in [0.1, 0.15) is 5.76 Å². The summed E-state index contributed by atoms with van der Waals surface area (Å²) in [5.41, 5.74) is 0.415. The highest BCUT2D eigenvalue weighted by Crippen LogP contribution is 2.33. The summed E-state index contributed by atoms with van der Waals surface area (Å²) in [7, 11) is 0. The molecule has 2 aromatic rings. The third-order valence-electron chi connectivity index (χ3n) is 3.10. The van der Waals surface area contributed by atoms with Gasteiger partial charge in [0.15, 0.2) is 0 Å². The van der Waals surface area contributed by atoms with E-state index in [0.717, 1.165) is 17.7 Å². The van der Waals surface area contributed by atoms with E-state index < -0.39 is 17.3 Å². The molecular weight excluding hydrogens is 283 g/mol. The Bertz CT molecular complexity index is 679. The van der Waals surface area contributed by atoms with Crippen molar-refractivity contribution in [3.05, 3.63) is 46.3 Å². The number of halogens is 3. The Morgan fingerprint density at radius 3 is 2.57 bits per heavy atom. The molecule has 0 fully saturated rings. The number of hydrogen-bond acceptors (Lipinski definition) is 4. The normalized spacial score (nSPS) is 11.2. The van der Waals surface area contributed by atoms with Gasteiger partial charge >= 0.3 is 6.18 Å². The second kappa shape index (κ2) is 5.48. The molecule has 7 heteroatoms. The van der Waals surface area contributed by atoms with Gasteiger partial charge in [-0.3, -0.25) is 0 Å². The lowest BCUT2D eigenvalue weighted by molar-refractivity contribution is -0.137. The standard InChI is InChI=1S/C14H12F3N3O/c1-8-12(9(2)21-20-8)7-19-11-4-3-10(6-18)13(5-11)14(15,16)17/h3-5,19H,7H2,1-2H3. The topological polar surface area (TPSA) is 61.9 Å². The number of hydrogen-bond donors (Lipinski definition) is 1. The van der Waals surface area contributed by atoms with Crippen LogP contribution in [0.4, 0.5) is 18.9 Å². The first kappa shape index (κ1) is 14.9. The molecule has 0 bridgehead atoms. The van der Waals surface area contributed by atoms with Crippen molar-refractivity contribution in [2.24, 2.45) is 0 Å². The van der Waals surface area contributed by atoms with Crippen molar-refractivity contribution >= 4 is 5.69 Å². The summed E-state index contributed by atoms with van der Waals surface area (Å²) in [6.07, 6.45) is -4.56. The minimum Gasteiger partial charge on any atom is -0.381 e. The van der Waals surface area contributed by atoms with Crippen LogP contribution in [-0.4, -0.2) is 5.16 Å². The minimum atomic E-state index is -4.56. The number of alkyl halides is 3. The Morgan fingerprint density at radius 1 is 1.33 bits per heavy atom. The Morgan fingerprint density at radius 2 is 2.05 bits per heavy atom. The molecule has 0 saturated carbocycles. The first-order valence-electron chi connectivity index (χ1n) is 6.10. The van der Waals surface area contributed by atoms with E-state index in [-0.39, 0.29) is 5.69 Å². The predicted octanol–water partition coefficient (Wildman–Crippen LogP) is 3.79. The van der Waals surface area contributed by atoms with Crippen molar-refractivity contribution in [1.29, 1.82) is 5.26 Å². The Kier molecular flexibility index (Phi) is 3.89. The summed E-state index contributed by atoms with van der Waals surface area (Å²) in [6.45, 7) is 3.79. The molecule has 0 aliphatic heterocycles. The van der Waals surface area contributed by atoms with Gasteiger partial charge in [-0.05, 0) is 32.0 Å². The largest absolute Gasteiger partial charge is 0.417 e. The summed E-state index contributed by atoms with van der Waals surface area (Å²) in [5.74, 6) is 0.615. The summed E-state index contributed by atoms with van der Waals surface area (Å²) < 4.78 is 43.5. The molecule has 1 N–H and O–H groups in total. The lowest BCUT2D eigenvalue weighted by atomic mass is 10.1. The molecule has 0 spiro atoms. The van der Waals surface area contributed by atoms with E-state index in [1.165, 1.54) is 6.07 Å². The lowest BCUT2D eigenvalue weighted by Gasteiger charge is -2.12. The van der Waals surface area contributed by atoms with Gasteiger partial charge in [-0.1, -0.05) is 5.16 Å². The molecular formula is C14H12F3N3O. The molecule has 0 saturated heterocycles. The van der Waals surface area contributed by atoms with E-state index in [4.69, 9.17) is 9.78 Å². The van der Waals surface area contributed by atoms with E-state index in [1.54, 1.807) is 19.9 Å². The van der Waals surface area contributed by atoms with Crippen LogP contribution in [0.3, 0.4) is 0 Å². The highest BCUT2D eigenvalue weighted by atomic mass is 19.4. The van der Waals surface area contributed by atoms with Gasteiger partial charge in [0.25, 0.3) is 0 Å². The third kappa shape index (κ3) is 3.16. The Balaban J connectivity index is 2.24. The quantitative estimate of drug-likeness (QED) is 0.935. The molecule has 1 aromatic carbocycles. The molecule has 4 nitrogen and oxygen atoms in total. The molecule has 0 atom stereocenters. The SMILES string of the molecule is Cc1noc(C)c1CNc1ccc(C#N)c(C(F)(F)F)c1. The van der Waals surface area contributed by atoms with Crippen LogP contribution in [0.25, 0.3) is 0 Å². The second-order valence-corrected chi connectivity index (χ2v) is 4.53. The molecule has 0 aliphatic rings. The number of benzene rings is 1. The maximum Gasteiger partial charge on any atom is 0.417 e. The van der Waals surface area contributed by atoms with Crippen molar-refractivity contribution in [2.45, 2.75) is 26.6 Å². The van der Waals surface area contributed by atoms with Gasteiger partial charge in [-0.25, -0.2) is 0 Å². The van der Waals surface area contributed by atoms with Crippen LogP contribution in [0.1, 0.15) is 28.1 Å². The van der Waals surface area contributed by atoms with E-state index in [9.17, 15) is 13.2 Å². The highest BCUT2D eigenvalue weighted by Gasteiger charge is 2.33. The van der Waals surface area contributed by atoms with Crippen LogP contribution in [0.5, 0.6) is 0 Å². The van der Waals surface area contributed by atoms with E-state index in [0.29, 0.717) is 18.0 Å². The van der Waals surface area contributed by atoms with Crippen molar-refractivity contribution in [1.82, 2.24) is 5.16 Å². The van der Waals surface area contributed by atoms with Crippen LogP contribution in [0.15, 0.2) is 22.7 Å². The number of nitrogens with zero attached hydrogens (tertiary/aromatic N) is 2. The molecule has 0 aliphatic carbocycles. The van der Waals surface area contributed by atoms with Gasteiger partial charge in [0.2, 0.25) is 0 Å². The number of aryl methyl sites for hydroxylation is 2. The Hall–Kier alpha value is -2.49. The van der Waals surface area contributed by atoms with Crippen molar-refractivity contribution in [3.8, 4) is 6.07 Å². The van der Waals surface area contributed by atoms with Gasteiger partial charge in [-0.15, -0.1) is 0 Å². The summed E-state index contributed by atoms with van der Waals surface area (Å²) in [4.78, 5) is 0. The molecule has 110 valence electrons. The van der Waals surface area contributed by atoms with Gasteiger partial charge in [0.05, 0.1) is 22.9 Å². The van der Waals surface area contributed by atoms with E-state index >= 15 is 0 Å². The van der Waals surface area contributed by atoms with Crippen LogP contribution in [0, 0.1) is 25.2 Å². The second-order valence-electron chi connectivity index (χ2n) is 4.53. The number of nitrogens with one attached hydrogen (secondary N) is 1. The fraction of sp³-hybridized carbons (Fsp3) is 0.286. The molecule has 2 rings (SSSR count). The zero-order valence-corrected chi connectivity index (χ0v) is 11.4. The van der Waals surface area contributed by atoms with Crippen molar-refractivity contribution in [2.75, 3.05) is 5.32 Å². The van der Waals surface area contributed by atoms with E-state index in [1.807, 2.05) is 0 Å². The maximum atomic E-state index is 12.9.